The third-order valence-corrected chi connectivity index (χ3v) is 5.81. The summed E-state index contributed by atoms with van der Waals surface area (Å²) < 4.78 is 27.2. The zero-order valence-corrected chi connectivity index (χ0v) is 17.3. The second-order valence-electron chi connectivity index (χ2n) is 7.11. The van der Waals surface area contributed by atoms with Crippen molar-refractivity contribution in [1.29, 1.82) is 0 Å². The SMILES string of the molecule is CCCCCCCCCCCCCCCCCCOS(=O)(=O)CCO.[NaH]. The molecule has 0 bridgehead atoms. The Hall–Kier alpha value is 0.870. The quantitative estimate of drug-likeness (QED) is 0.178. The van der Waals surface area contributed by atoms with Gasteiger partial charge in [-0.3, -0.25) is 4.18 Å². The van der Waals surface area contributed by atoms with Crippen molar-refractivity contribution in [2.24, 2.45) is 0 Å². The molecule has 0 spiro atoms. The van der Waals surface area contributed by atoms with Crippen LogP contribution in [-0.2, 0) is 14.3 Å². The van der Waals surface area contributed by atoms with Gasteiger partial charge in [0.1, 0.15) is 0 Å². The number of unbranched alkanes of at least 4 members (excludes halogenated alkanes) is 15. The third kappa shape index (κ3) is 22.9. The summed E-state index contributed by atoms with van der Waals surface area (Å²) in [5.41, 5.74) is 0. The monoisotopic (exact) mass is 402 g/mol. The average molecular weight is 403 g/mol. The van der Waals surface area contributed by atoms with E-state index in [-0.39, 0.29) is 48.5 Å². The molecule has 0 aliphatic rings. The first-order valence-corrected chi connectivity index (χ1v) is 12.2. The van der Waals surface area contributed by atoms with Crippen molar-refractivity contribution in [3.05, 3.63) is 0 Å². The van der Waals surface area contributed by atoms with E-state index < -0.39 is 10.1 Å². The molecule has 0 atom stereocenters. The Labute approximate surface area is 185 Å². The van der Waals surface area contributed by atoms with Crippen LogP contribution in [0.3, 0.4) is 0 Å². The maximum atomic E-state index is 11.2. The van der Waals surface area contributed by atoms with E-state index in [1.807, 2.05) is 0 Å². The summed E-state index contributed by atoms with van der Waals surface area (Å²) in [6, 6.07) is 0. The van der Waals surface area contributed by atoms with E-state index >= 15 is 0 Å². The van der Waals surface area contributed by atoms with Gasteiger partial charge in [-0.25, -0.2) is 0 Å². The Kier molecular flexibility index (Phi) is 24.8. The Morgan fingerprint density at radius 3 is 1.35 bits per heavy atom. The second-order valence-corrected chi connectivity index (χ2v) is 8.87. The molecule has 0 aromatic heterocycles. The first-order valence-electron chi connectivity index (χ1n) is 10.6. The fourth-order valence-corrected chi connectivity index (χ4v) is 3.72. The van der Waals surface area contributed by atoms with Gasteiger partial charge < -0.3 is 5.11 Å². The normalized spacial score (nSPS) is 11.5. The van der Waals surface area contributed by atoms with Gasteiger partial charge in [-0.05, 0) is 6.42 Å². The number of hydrogen-bond acceptors (Lipinski definition) is 4. The molecule has 0 radical (unpaired) electrons. The molecule has 1 N–H and O–H groups in total. The molecule has 0 aliphatic carbocycles. The van der Waals surface area contributed by atoms with E-state index in [1.165, 1.54) is 83.5 Å². The molecule has 0 aliphatic heterocycles. The van der Waals surface area contributed by atoms with Crippen molar-refractivity contribution >= 4 is 39.7 Å². The molecular formula is C20H43NaO4S. The summed E-state index contributed by atoms with van der Waals surface area (Å²) in [6.07, 6.45) is 20.8. The molecule has 0 saturated carbocycles. The standard InChI is InChI=1S/C20H42O4S.Na.H/c1-2-3-4-5-6-7-8-9-10-11-12-13-14-15-16-17-19-24-25(22,23)20-18-21;;/h21H,2-20H2,1H3;;. The van der Waals surface area contributed by atoms with Gasteiger partial charge in [-0.1, -0.05) is 103 Å². The van der Waals surface area contributed by atoms with Crippen LogP contribution in [0.25, 0.3) is 0 Å². The van der Waals surface area contributed by atoms with E-state index in [0.29, 0.717) is 0 Å². The second kappa shape index (κ2) is 22.2. The van der Waals surface area contributed by atoms with Gasteiger partial charge in [-0.2, -0.15) is 8.42 Å². The fraction of sp³-hybridized carbons (Fsp3) is 1.00. The van der Waals surface area contributed by atoms with E-state index in [4.69, 9.17) is 9.29 Å². The van der Waals surface area contributed by atoms with Crippen molar-refractivity contribution in [3.63, 3.8) is 0 Å². The summed E-state index contributed by atoms with van der Waals surface area (Å²) in [5.74, 6) is -0.300. The van der Waals surface area contributed by atoms with E-state index in [9.17, 15) is 8.42 Å². The molecule has 0 unspecified atom stereocenters. The molecule has 0 amide bonds. The van der Waals surface area contributed by atoms with Gasteiger partial charge in [0.05, 0.1) is 19.0 Å². The molecule has 0 fully saturated rings. The van der Waals surface area contributed by atoms with Gasteiger partial charge in [0.2, 0.25) is 0 Å². The van der Waals surface area contributed by atoms with Gasteiger partial charge in [-0.15, -0.1) is 0 Å². The first kappa shape index (κ1) is 29.1. The Bertz CT molecular complexity index is 361. The van der Waals surface area contributed by atoms with Crippen LogP contribution >= 0.6 is 0 Å². The van der Waals surface area contributed by atoms with Gasteiger partial charge in [0.15, 0.2) is 0 Å². The van der Waals surface area contributed by atoms with Crippen LogP contribution in [-0.4, -0.2) is 62.0 Å². The van der Waals surface area contributed by atoms with Gasteiger partial charge in [0, 0.05) is 0 Å². The molecule has 0 saturated heterocycles. The van der Waals surface area contributed by atoms with Crippen LogP contribution in [0, 0.1) is 0 Å². The van der Waals surface area contributed by atoms with Gasteiger partial charge >= 0.3 is 29.6 Å². The number of aliphatic hydroxyl groups excluding tert-OH is 1. The first-order chi connectivity index (χ1) is 12.1. The van der Waals surface area contributed by atoms with Crippen LogP contribution in [0.15, 0.2) is 0 Å². The number of rotatable bonds is 20. The third-order valence-electron chi connectivity index (χ3n) is 4.60. The Morgan fingerprint density at radius 2 is 1.00 bits per heavy atom. The van der Waals surface area contributed by atoms with Gasteiger partial charge in [0.25, 0.3) is 10.1 Å². The molecule has 0 rings (SSSR count). The molecule has 4 nitrogen and oxygen atoms in total. The van der Waals surface area contributed by atoms with Crippen LogP contribution < -0.4 is 0 Å². The van der Waals surface area contributed by atoms with Crippen molar-refractivity contribution in [3.8, 4) is 0 Å². The van der Waals surface area contributed by atoms with Crippen LogP contribution in [0.4, 0.5) is 0 Å². The zero-order chi connectivity index (χ0) is 18.6. The van der Waals surface area contributed by atoms with E-state index in [1.54, 1.807) is 0 Å². The van der Waals surface area contributed by atoms with Crippen molar-refractivity contribution in [2.75, 3.05) is 19.0 Å². The minimum absolute atomic E-state index is 0. The predicted octanol–water partition coefficient (Wildman–Crippen LogP) is 4.94. The predicted molar refractivity (Wildman–Crippen MR) is 114 cm³/mol. The molecule has 154 valence electrons. The Morgan fingerprint density at radius 1 is 0.654 bits per heavy atom. The summed E-state index contributed by atoms with van der Waals surface area (Å²) in [4.78, 5) is 0. The molecular weight excluding hydrogens is 359 g/mol. The summed E-state index contributed by atoms with van der Waals surface area (Å²) in [7, 11) is -3.50. The van der Waals surface area contributed by atoms with E-state index in [2.05, 4.69) is 6.92 Å². The summed E-state index contributed by atoms with van der Waals surface area (Å²) in [6.45, 7) is 2.14. The molecule has 26 heavy (non-hydrogen) atoms. The van der Waals surface area contributed by atoms with Crippen molar-refractivity contribution in [1.82, 2.24) is 0 Å². The average Bonchev–Trinajstić information content (AvgIpc) is 2.57. The van der Waals surface area contributed by atoms with Crippen LogP contribution in [0.5, 0.6) is 0 Å². The fourth-order valence-electron chi connectivity index (χ4n) is 3.01. The van der Waals surface area contributed by atoms with Crippen LogP contribution in [0.2, 0.25) is 0 Å². The molecule has 0 aromatic carbocycles. The summed E-state index contributed by atoms with van der Waals surface area (Å²) in [5, 5.41) is 8.59. The minimum atomic E-state index is -3.50. The van der Waals surface area contributed by atoms with Crippen LogP contribution in [0.1, 0.15) is 110 Å². The van der Waals surface area contributed by atoms with E-state index in [0.717, 1.165) is 19.3 Å². The van der Waals surface area contributed by atoms with Crippen molar-refractivity contribution < 1.29 is 17.7 Å². The molecule has 0 heterocycles. The molecule has 6 heteroatoms. The Balaban J connectivity index is 0. The van der Waals surface area contributed by atoms with Crippen molar-refractivity contribution in [2.45, 2.75) is 110 Å². The number of aliphatic hydroxyl groups is 1. The summed E-state index contributed by atoms with van der Waals surface area (Å²) >= 11 is 0. The number of hydrogen-bond donors (Lipinski definition) is 1. The zero-order valence-electron chi connectivity index (χ0n) is 16.5. The topological polar surface area (TPSA) is 63.6 Å². The molecule has 0 aromatic rings. The maximum absolute atomic E-state index is 11.2.